The van der Waals surface area contributed by atoms with Gasteiger partial charge in [-0.05, 0) is 67.6 Å². The molecule has 5 nitrogen and oxygen atoms in total. The topological polar surface area (TPSA) is 51.0 Å². The Kier molecular flexibility index (Phi) is 6.75. The number of carbonyl (C=O) groups excluding carboxylic acids is 1. The fourth-order valence-corrected chi connectivity index (χ4v) is 4.96. The number of nitrogens with zero attached hydrogens (tertiary/aromatic N) is 4. The lowest BCUT2D eigenvalue weighted by atomic mass is 9.92. The summed E-state index contributed by atoms with van der Waals surface area (Å²) in [5, 5.41) is 0. The first-order chi connectivity index (χ1) is 17.1. The molecular weight excluding hydrogens is 432 g/mol. The van der Waals surface area contributed by atoms with Crippen molar-refractivity contribution < 1.29 is 4.79 Å². The molecule has 1 aliphatic rings. The van der Waals surface area contributed by atoms with Gasteiger partial charge in [0, 0.05) is 61.3 Å². The Morgan fingerprint density at radius 3 is 2.54 bits per heavy atom. The zero-order valence-corrected chi connectivity index (χ0v) is 20.5. The minimum atomic E-state index is 0.119. The molecule has 2 aromatic heterocycles. The molecule has 5 rings (SSSR count). The number of amides is 1. The average Bonchev–Trinajstić information content (AvgIpc) is 3.29. The number of carbonyl (C=O) groups is 1. The normalized spacial score (nSPS) is 14.3. The molecule has 0 saturated carbocycles. The van der Waals surface area contributed by atoms with E-state index in [1.54, 1.807) is 0 Å². The Bertz CT molecular complexity index is 1320. The van der Waals surface area contributed by atoms with Gasteiger partial charge in [0.15, 0.2) is 0 Å². The molecular formula is C30H32N4O. The third-order valence-electron chi connectivity index (χ3n) is 7.11. The van der Waals surface area contributed by atoms with Crippen molar-refractivity contribution in [3.05, 3.63) is 119 Å². The molecule has 5 heteroatoms. The van der Waals surface area contributed by atoms with Crippen LogP contribution in [0.2, 0.25) is 0 Å². The van der Waals surface area contributed by atoms with E-state index in [0.717, 1.165) is 67.2 Å². The maximum absolute atomic E-state index is 13.2. The molecule has 1 aliphatic heterocycles. The van der Waals surface area contributed by atoms with E-state index < -0.39 is 0 Å². The zero-order chi connectivity index (χ0) is 24.2. The third kappa shape index (κ3) is 5.35. The van der Waals surface area contributed by atoms with Gasteiger partial charge in [-0.3, -0.25) is 9.78 Å². The highest BCUT2D eigenvalue weighted by molar-refractivity contribution is 5.94. The summed E-state index contributed by atoms with van der Waals surface area (Å²) in [5.41, 5.74) is 6.76. The summed E-state index contributed by atoms with van der Waals surface area (Å²) in [6.07, 6.45) is 6.52. The van der Waals surface area contributed by atoms with Crippen LogP contribution < -0.4 is 0 Å². The number of likely N-dealkylation sites (tertiary alicyclic amines) is 1. The highest BCUT2D eigenvalue weighted by atomic mass is 16.2. The molecule has 1 saturated heterocycles. The van der Waals surface area contributed by atoms with Gasteiger partial charge >= 0.3 is 0 Å². The summed E-state index contributed by atoms with van der Waals surface area (Å²) in [6, 6.07) is 22.9. The molecule has 178 valence electrons. The molecule has 4 aromatic rings. The van der Waals surface area contributed by atoms with Crippen LogP contribution in [0.25, 0.3) is 0 Å². The summed E-state index contributed by atoms with van der Waals surface area (Å²) < 4.78 is 2.09. The Morgan fingerprint density at radius 1 is 0.971 bits per heavy atom. The van der Waals surface area contributed by atoms with E-state index in [2.05, 4.69) is 65.0 Å². The molecule has 1 fully saturated rings. The number of aryl methyl sites for hydroxylation is 2. The number of imidazole rings is 1. The van der Waals surface area contributed by atoms with Crippen LogP contribution in [0.1, 0.15) is 63.0 Å². The van der Waals surface area contributed by atoms with Gasteiger partial charge in [0.2, 0.25) is 0 Å². The fourth-order valence-electron chi connectivity index (χ4n) is 4.96. The molecule has 0 unspecified atom stereocenters. The van der Waals surface area contributed by atoms with E-state index in [1.165, 1.54) is 11.1 Å². The van der Waals surface area contributed by atoms with Gasteiger partial charge in [0.05, 0.1) is 0 Å². The molecule has 0 N–H and O–H groups in total. The molecule has 0 aliphatic carbocycles. The van der Waals surface area contributed by atoms with E-state index in [-0.39, 0.29) is 5.91 Å². The maximum atomic E-state index is 13.2. The van der Waals surface area contributed by atoms with E-state index in [0.29, 0.717) is 5.92 Å². The van der Waals surface area contributed by atoms with Crippen LogP contribution in [0.15, 0.2) is 79.1 Å². The predicted octanol–water partition coefficient (Wildman–Crippen LogP) is 5.55. The molecule has 2 aromatic carbocycles. The highest BCUT2D eigenvalue weighted by Gasteiger charge is 2.25. The van der Waals surface area contributed by atoms with Crippen LogP contribution in [0.4, 0.5) is 0 Å². The van der Waals surface area contributed by atoms with Gasteiger partial charge in [-0.2, -0.15) is 0 Å². The van der Waals surface area contributed by atoms with Crippen LogP contribution >= 0.6 is 0 Å². The van der Waals surface area contributed by atoms with Crippen molar-refractivity contribution >= 4 is 5.91 Å². The Hall–Kier alpha value is -3.73. The Labute approximate surface area is 207 Å². The van der Waals surface area contributed by atoms with E-state index in [4.69, 9.17) is 4.98 Å². The number of benzene rings is 2. The number of pyridine rings is 1. The van der Waals surface area contributed by atoms with E-state index in [9.17, 15) is 4.79 Å². The first-order valence-corrected chi connectivity index (χ1v) is 12.4. The average molecular weight is 465 g/mol. The van der Waals surface area contributed by atoms with Crippen molar-refractivity contribution in [2.75, 3.05) is 13.1 Å². The Morgan fingerprint density at radius 2 is 1.77 bits per heavy atom. The first-order valence-electron chi connectivity index (χ1n) is 12.4. The highest BCUT2D eigenvalue weighted by Crippen LogP contribution is 2.28. The summed E-state index contributed by atoms with van der Waals surface area (Å²) in [4.78, 5) is 24.5. The van der Waals surface area contributed by atoms with E-state index in [1.807, 2.05) is 42.4 Å². The van der Waals surface area contributed by atoms with Gasteiger partial charge in [0.1, 0.15) is 5.82 Å². The van der Waals surface area contributed by atoms with Gasteiger partial charge in [-0.25, -0.2) is 4.98 Å². The number of hydrogen-bond acceptors (Lipinski definition) is 3. The number of aromatic nitrogens is 3. The smallest absolute Gasteiger partial charge is 0.253 e. The monoisotopic (exact) mass is 464 g/mol. The minimum absolute atomic E-state index is 0.119. The van der Waals surface area contributed by atoms with Crippen molar-refractivity contribution in [2.45, 2.75) is 45.6 Å². The molecule has 35 heavy (non-hydrogen) atoms. The molecule has 0 spiro atoms. The van der Waals surface area contributed by atoms with Gasteiger partial charge < -0.3 is 9.47 Å². The Balaban J connectivity index is 1.21. The van der Waals surface area contributed by atoms with Crippen molar-refractivity contribution in [1.82, 2.24) is 19.4 Å². The number of hydrogen-bond donors (Lipinski definition) is 0. The lowest BCUT2D eigenvalue weighted by Crippen LogP contribution is -2.38. The van der Waals surface area contributed by atoms with E-state index >= 15 is 0 Å². The summed E-state index contributed by atoms with van der Waals surface area (Å²) >= 11 is 0. The summed E-state index contributed by atoms with van der Waals surface area (Å²) in [6.45, 7) is 6.39. The quantitative estimate of drug-likeness (QED) is 0.376. The first kappa shape index (κ1) is 23.0. The summed E-state index contributed by atoms with van der Waals surface area (Å²) in [7, 11) is 0. The number of piperidine rings is 1. The standard InChI is InChI=1S/C30H32N4O/c1-22-7-3-4-9-26(22)20-28-11-6-12-29(32-28)25-13-16-33(17-14-25)30(35)27-10-5-8-24(19-27)21-34-18-15-31-23(34)2/h3-12,15,18-19,25H,13-14,16-17,20-21H2,1-2H3. The zero-order valence-electron chi connectivity index (χ0n) is 20.5. The summed E-state index contributed by atoms with van der Waals surface area (Å²) in [5.74, 6) is 1.49. The second-order valence-electron chi connectivity index (χ2n) is 9.53. The largest absolute Gasteiger partial charge is 0.339 e. The minimum Gasteiger partial charge on any atom is -0.339 e. The molecule has 3 heterocycles. The second kappa shape index (κ2) is 10.3. The van der Waals surface area contributed by atoms with Crippen molar-refractivity contribution in [1.29, 1.82) is 0 Å². The lowest BCUT2D eigenvalue weighted by Gasteiger charge is -2.32. The maximum Gasteiger partial charge on any atom is 0.253 e. The van der Waals surface area contributed by atoms with Crippen molar-refractivity contribution in [2.24, 2.45) is 0 Å². The van der Waals surface area contributed by atoms with Crippen LogP contribution in [0, 0.1) is 13.8 Å². The lowest BCUT2D eigenvalue weighted by molar-refractivity contribution is 0.0712. The van der Waals surface area contributed by atoms with Crippen LogP contribution in [-0.4, -0.2) is 38.4 Å². The van der Waals surface area contributed by atoms with Gasteiger partial charge in [0.25, 0.3) is 5.91 Å². The predicted molar refractivity (Wildman–Crippen MR) is 139 cm³/mol. The SMILES string of the molecule is Cc1ccccc1Cc1cccc(C2CCN(C(=O)c3cccc(Cn4ccnc4C)c3)CC2)n1. The second-order valence-corrected chi connectivity index (χ2v) is 9.53. The molecule has 0 bridgehead atoms. The van der Waals surface area contributed by atoms with Crippen molar-refractivity contribution in [3.63, 3.8) is 0 Å². The van der Waals surface area contributed by atoms with Crippen LogP contribution in [0.5, 0.6) is 0 Å². The molecule has 1 amide bonds. The third-order valence-corrected chi connectivity index (χ3v) is 7.11. The van der Waals surface area contributed by atoms with Crippen LogP contribution in [0.3, 0.4) is 0 Å². The fraction of sp³-hybridized carbons (Fsp3) is 0.300. The molecule has 0 radical (unpaired) electrons. The van der Waals surface area contributed by atoms with Crippen LogP contribution in [-0.2, 0) is 13.0 Å². The van der Waals surface area contributed by atoms with Gasteiger partial charge in [-0.15, -0.1) is 0 Å². The van der Waals surface area contributed by atoms with Crippen molar-refractivity contribution in [3.8, 4) is 0 Å². The van der Waals surface area contributed by atoms with Gasteiger partial charge in [-0.1, -0.05) is 42.5 Å². The number of rotatable bonds is 6. The molecule has 0 atom stereocenters.